The van der Waals surface area contributed by atoms with Gasteiger partial charge in [0.05, 0.1) is 0 Å². The van der Waals surface area contributed by atoms with Gasteiger partial charge in [0.1, 0.15) is 0 Å². The van der Waals surface area contributed by atoms with Crippen molar-refractivity contribution in [2.24, 2.45) is 11.1 Å². The Hall–Kier alpha value is -0.860. The van der Waals surface area contributed by atoms with Gasteiger partial charge < -0.3 is 11.1 Å². The van der Waals surface area contributed by atoms with Gasteiger partial charge in [-0.15, -0.1) is 0 Å². The van der Waals surface area contributed by atoms with Gasteiger partial charge in [-0.05, 0) is 35.9 Å². The third kappa shape index (κ3) is 4.88. The van der Waals surface area contributed by atoms with E-state index >= 15 is 0 Å². The molecule has 0 saturated carbocycles. The van der Waals surface area contributed by atoms with E-state index < -0.39 is 0 Å². The Balaban J connectivity index is 2.36. The quantitative estimate of drug-likeness (QED) is 0.712. The Labute approximate surface area is 106 Å². The second-order valence-electron chi connectivity index (χ2n) is 5.42. The Bertz CT molecular complexity index is 331. The molecule has 0 radical (unpaired) electrons. The molecule has 1 rings (SSSR count). The zero-order valence-electron chi connectivity index (χ0n) is 11.4. The fourth-order valence-corrected chi connectivity index (χ4v) is 1.78. The molecule has 0 aromatic heterocycles. The van der Waals surface area contributed by atoms with Gasteiger partial charge in [-0.25, -0.2) is 0 Å². The van der Waals surface area contributed by atoms with E-state index in [0.29, 0.717) is 12.0 Å². The van der Waals surface area contributed by atoms with Crippen molar-refractivity contribution >= 4 is 0 Å². The van der Waals surface area contributed by atoms with Crippen molar-refractivity contribution in [3.8, 4) is 0 Å². The molecule has 0 aliphatic heterocycles. The highest BCUT2D eigenvalue weighted by atomic mass is 14.9. The average molecular weight is 234 g/mol. The Morgan fingerprint density at radius 1 is 1.18 bits per heavy atom. The molecule has 0 aliphatic carbocycles. The summed E-state index contributed by atoms with van der Waals surface area (Å²) >= 11 is 0. The Morgan fingerprint density at radius 2 is 1.82 bits per heavy atom. The lowest BCUT2D eigenvalue weighted by Gasteiger charge is -2.23. The van der Waals surface area contributed by atoms with Crippen molar-refractivity contribution in [3.63, 3.8) is 0 Å². The van der Waals surface area contributed by atoms with Gasteiger partial charge in [0, 0.05) is 13.1 Å². The summed E-state index contributed by atoms with van der Waals surface area (Å²) in [7, 11) is 0. The predicted molar refractivity (Wildman–Crippen MR) is 75.0 cm³/mol. The lowest BCUT2D eigenvalue weighted by Crippen LogP contribution is -2.30. The van der Waals surface area contributed by atoms with Gasteiger partial charge in [0.15, 0.2) is 0 Å². The molecule has 0 atom stereocenters. The average Bonchev–Trinajstić information content (AvgIpc) is 2.35. The largest absolute Gasteiger partial charge is 0.326 e. The first-order chi connectivity index (χ1) is 8.09. The first kappa shape index (κ1) is 14.2. The fraction of sp³-hybridized carbons (Fsp3) is 0.600. The highest BCUT2D eigenvalue weighted by Gasteiger charge is 2.13. The van der Waals surface area contributed by atoms with Crippen molar-refractivity contribution in [2.45, 2.75) is 40.2 Å². The summed E-state index contributed by atoms with van der Waals surface area (Å²) in [6, 6.07) is 8.43. The maximum atomic E-state index is 5.73. The van der Waals surface area contributed by atoms with Crippen LogP contribution in [0.15, 0.2) is 24.3 Å². The summed E-state index contributed by atoms with van der Waals surface area (Å²) in [6.45, 7) is 9.58. The van der Waals surface area contributed by atoms with E-state index in [1.54, 1.807) is 0 Å². The van der Waals surface area contributed by atoms with Crippen LogP contribution in [0.4, 0.5) is 0 Å². The molecule has 0 spiro atoms. The molecule has 2 nitrogen and oxygen atoms in total. The van der Waals surface area contributed by atoms with Crippen molar-refractivity contribution in [1.29, 1.82) is 0 Å². The van der Waals surface area contributed by atoms with Crippen LogP contribution in [0.2, 0.25) is 0 Å². The van der Waals surface area contributed by atoms with Crippen LogP contribution in [0.5, 0.6) is 0 Å². The van der Waals surface area contributed by atoms with Crippen molar-refractivity contribution in [1.82, 2.24) is 5.32 Å². The topological polar surface area (TPSA) is 38.0 Å². The number of nitrogens with two attached hydrogens (primary N) is 1. The zero-order chi connectivity index (χ0) is 12.7. The molecule has 17 heavy (non-hydrogen) atoms. The molecule has 0 saturated heterocycles. The first-order valence-corrected chi connectivity index (χ1v) is 6.56. The molecule has 0 amide bonds. The third-order valence-electron chi connectivity index (χ3n) is 3.47. The highest BCUT2D eigenvalue weighted by Crippen LogP contribution is 2.17. The van der Waals surface area contributed by atoms with Crippen LogP contribution in [-0.4, -0.2) is 13.1 Å². The van der Waals surface area contributed by atoms with Gasteiger partial charge in [-0.2, -0.15) is 0 Å². The SMILES string of the molecule is CCC(C)(C)CNCCc1ccccc1CN. The maximum Gasteiger partial charge on any atom is 0.0180 e. The van der Waals surface area contributed by atoms with E-state index in [2.05, 4.69) is 50.4 Å². The molecular weight excluding hydrogens is 208 g/mol. The van der Waals surface area contributed by atoms with E-state index in [1.807, 2.05) is 0 Å². The van der Waals surface area contributed by atoms with Crippen LogP contribution in [0.3, 0.4) is 0 Å². The molecule has 0 unspecified atom stereocenters. The van der Waals surface area contributed by atoms with Gasteiger partial charge in [-0.3, -0.25) is 0 Å². The van der Waals surface area contributed by atoms with E-state index in [9.17, 15) is 0 Å². The molecule has 2 heteroatoms. The number of hydrogen-bond donors (Lipinski definition) is 2. The van der Waals surface area contributed by atoms with Crippen LogP contribution < -0.4 is 11.1 Å². The molecule has 1 aromatic carbocycles. The zero-order valence-corrected chi connectivity index (χ0v) is 11.4. The summed E-state index contributed by atoms with van der Waals surface area (Å²) in [5.74, 6) is 0. The Kier molecular flexibility index (Phi) is 5.66. The molecule has 1 aromatic rings. The lowest BCUT2D eigenvalue weighted by atomic mass is 9.90. The number of nitrogens with one attached hydrogen (secondary N) is 1. The number of benzene rings is 1. The smallest absolute Gasteiger partial charge is 0.0180 e. The summed E-state index contributed by atoms with van der Waals surface area (Å²) in [6.07, 6.45) is 2.27. The second-order valence-corrected chi connectivity index (χ2v) is 5.42. The monoisotopic (exact) mass is 234 g/mol. The van der Waals surface area contributed by atoms with Crippen molar-refractivity contribution in [3.05, 3.63) is 35.4 Å². The molecule has 0 bridgehead atoms. The van der Waals surface area contributed by atoms with E-state index in [0.717, 1.165) is 19.5 Å². The van der Waals surface area contributed by atoms with Gasteiger partial charge in [0.25, 0.3) is 0 Å². The lowest BCUT2D eigenvalue weighted by molar-refractivity contribution is 0.329. The van der Waals surface area contributed by atoms with Crippen LogP contribution in [-0.2, 0) is 13.0 Å². The van der Waals surface area contributed by atoms with Gasteiger partial charge in [0.2, 0.25) is 0 Å². The van der Waals surface area contributed by atoms with E-state index in [4.69, 9.17) is 5.73 Å². The van der Waals surface area contributed by atoms with Crippen molar-refractivity contribution in [2.75, 3.05) is 13.1 Å². The van der Waals surface area contributed by atoms with Crippen LogP contribution in [0, 0.1) is 5.41 Å². The summed E-state index contributed by atoms with van der Waals surface area (Å²) in [4.78, 5) is 0. The predicted octanol–water partition coefficient (Wildman–Crippen LogP) is 2.71. The maximum absolute atomic E-state index is 5.73. The molecular formula is C15H26N2. The number of hydrogen-bond acceptors (Lipinski definition) is 2. The van der Waals surface area contributed by atoms with Crippen molar-refractivity contribution < 1.29 is 0 Å². The summed E-state index contributed by atoms with van der Waals surface area (Å²) in [5.41, 5.74) is 8.76. The minimum atomic E-state index is 0.396. The molecule has 96 valence electrons. The molecule has 0 heterocycles. The summed E-state index contributed by atoms with van der Waals surface area (Å²) < 4.78 is 0. The summed E-state index contributed by atoms with van der Waals surface area (Å²) in [5, 5.41) is 3.54. The normalized spacial score (nSPS) is 11.8. The number of rotatable bonds is 7. The minimum absolute atomic E-state index is 0.396. The highest BCUT2D eigenvalue weighted by molar-refractivity contribution is 5.27. The van der Waals surface area contributed by atoms with Crippen LogP contribution >= 0.6 is 0 Å². The second kappa shape index (κ2) is 6.77. The molecule has 3 N–H and O–H groups in total. The van der Waals surface area contributed by atoms with Crippen LogP contribution in [0.1, 0.15) is 38.3 Å². The third-order valence-corrected chi connectivity index (χ3v) is 3.47. The molecule has 0 aliphatic rings. The van der Waals surface area contributed by atoms with E-state index in [-0.39, 0.29) is 0 Å². The standard InChI is InChI=1S/C15H26N2/c1-4-15(2,3)12-17-10-9-13-7-5-6-8-14(13)11-16/h5-8,17H,4,9-12,16H2,1-3H3. The van der Waals surface area contributed by atoms with Gasteiger partial charge in [-0.1, -0.05) is 45.0 Å². The van der Waals surface area contributed by atoms with E-state index in [1.165, 1.54) is 17.5 Å². The minimum Gasteiger partial charge on any atom is -0.326 e. The van der Waals surface area contributed by atoms with Gasteiger partial charge >= 0.3 is 0 Å². The fourth-order valence-electron chi connectivity index (χ4n) is 1.78. The first-order valence-electron chi connectivity index (χ1n) is 6.56. The molecule has 0 fully saturated rings. The van der Waals surface area contributed by atoms with Crippen LogP contribution in [0.25, 0.3) is 0 Å². The Morgan fingerprint density at radius 3 is 2.41 bits per heavy atom.